The number of hydrogen-bond acceptors (Lipinski definition) is 2. The summed E-state index contributed by atoms with van der Waals surface area (Å²) in [5, 5.41) is 7.51. The van der Waals surface area contributed by atoms with Gasteiger partial charge in [0.1, 0.15) is 0 Å². The number of allylic oxidation sites excluding steroid dienone is 1. The van der Waals surface area contributed by atoms with E-state index in [1.165, 1.54) is 6.08 Å². The number of nitriles is 1. The topological polar surface area (TPSA) is 40.9 Å². The van der Waals surface area contributed by atoms with Gasteiger partial charge in [0, 0.05) is 6.08 Å². The van der Waals surface area contributed by atoms with Gasteiger partial charge in [-0.2, -0.15) is 5.26 Å². The van der Waals surface area contributed by atoms with Crippen LogP contribution in [0.1, 0.15) is 0 Å². The Bertz CT molecular complexity index is 84.2. The van der Waals surface area contributed by atoms with E-state index in [2.05, 4.69) is 6.58 Å². The second-order valence-electron chi connectivity index (χ2n) is 0.569. The van der Waals surface area contributed by atoms with E-state index in [4.69, 9.17) is 10.1 Å². The summed E-state index contributed by atoms with van der Waals surface area (Å²) >= 11 is 0.688. The van der Waals surface area contributed by atoms with E-state index in [0.29, 0.717) is 27.9 Å². The van der Waals surface area contributed by atoms with Crippen LogP contribution in [0.3, 0.4) is 0 Å². The van der Waals surface area contributed by atoms with Crippen molar-refractivity contribution >= 4 is 31.5 Å². The summed E-state index contributed by atoms with van der Waals surface area (Å²) < 4.78 is 0.889. The zero-order valence-electron chi connectivity index (χ0n) is 4.22. The third-order valence-corrected chi connectivity index (χ3v) is 0.0913. The van der Waals surface area contributed by atoms with Crippen LogP contribution in [0.25, 0.3) is 0 Å². The van der Waals surface area contributed by atoms with Crippen molar-refractivity contribution in [3.05, 3.63) is 12.7 Å². The van der Waals surface area contributed by atoms with Crippen LogP contribution in [0, 0.1) is 11.3 Å². The Morgan fingerprint density at radius 1 is 1.86 bits per heavy atom. The first kappa shape index (κ1) is 10.0. The SMILES string of the molecule is C=CC#N.O=[CH][Na]. The molecule has 0 radical (unpaired) electrons. The fourth-order valence-corrected chi connectivity index (χ4v) is 0. The van der Waals surface area contributed by atoms with Crippen LogP contribution >= 0.6 is 0 Å². The van der Waals surface area contributed by atoms with Gasteiger partial charge in [0.05, 0.1) is 6.07 Å². The number of carbonyl (C=O) groups is 1. The van der Waals surface area contributed by atoms with Gasteiger partial charge in [0.15, 0.2) is 0 Å². The average Bonchev–Trinajstić information content (AvgIpc) is 1.69. The molecule has 0 amide bonds. The molecule has 0 unspecified atom stereocenters. The molecular formula is C4H4NNaO. The maximum absolute atomic E-state index is 8.87. The van der Waals surface area contributed by atoms with E-state index < -0.39 is 0 Å². The van der Waals surface area contributed by atoms with Crippen LogP contribution in [-0.4, -0.2) is 31.5 Å². The van der Waals surface area contributed by atoms with Crippen LogP contribution in [0.2, 0.25) is 0 Å². The van der Waals surface area contributed by atoms with Crippen LogP contribution in [0.15, 0.2) is 12.7 Å². The maximum atomic E-state index is 8.87. The molecule has 32 valence electrons. The Kier molecular flexibility index (Phi) is 24.1. The van der Waals surface area contributed by atoms with Crippen molar-refractivity contribution in [2.45, 2.75) is 0 Å². The average molecular weight is 105 g/mol. The van der Waals surface area contributed by atoms with Crippen LogP contribution < -0.4 is 0 Å². The summed E-state index contributed by atoms with van der Waals surface area (Å²) in [5.74, 6) is 0. The van der Waals surface area contributed by atoms with Crippen molar-refractivity contribution in [1.29, 1.82) is 5.26 Å². The first-order valence-corrected chi connectivity index (χ1v) is 2.89. The number of nitrogens with zero attached hydrogens (tertiary/aromatic N) is 1. The second-order valence-corrected chi connectivity index (χ2v) is 1.04. The summed E-state index contributed by atoms with van der Waals surface area (Å²) in [6, 6.07) is 1.69. The third kappa shape index (κ3) is 111. The molecule has 0 rings (SSSR count). The molecule has 0 N–H and O–H groups in total. The first-order valence-electron chi connectivity index (χ1n) is 1.73. The van der Waals surface area contributed by atoms with E-state index in [1.807, 2.05) is 0 Å². The molecule has 0 atom stereocenters. The van der Waals surface area contributed by atoms with Gasteiger partial charge in [-0.15, -0.1) is 0 Å². The normalized spacial score (nSPS) is 4.14. The standard InChI is InChI=1S/C3H3N.CHO.Na/c1-2-3-4;1-2;/h2H,1H2;1H;. The van der Waals surface area contributed by atoms with Gasteiger partial charge in [-0.25, -0.2) is 0 Å². The molecular weight excluding hydrogens is 101 g/mol. The number of rotatable bonds is 0. The number of hydrogen-bond donors (Lipinski definition) is 0. The molecule has 0 heterocycles. The molecule has 2 nitrogen and oxygen atoms in total. The number of carbonyl (C=O) groups excluding carboxylic acids is 1. The Labute approximate surface area is 60.2 Å². The molecule has 0 aromatic carbocycles. The third-order valence-electron chi connectivity index (χ3n) is 0.0913. The molecule has 0 aromatic heterocycles. The molecule has 0 saturated heterocycles. The Morgan fingerprint density at radius 2 is 2.00 bits per heavy atom. The van der Waals surface area contributed by atoms with Crippen LogP contribution in [0.4, 0.5) is 0 Å². The molecule has 0 aromatic rings. The molecule has 0 bridgehead atoms. The van der Waals surface area contributed by atoms with Crippen molar-refractivity contribution in [3.63, 3.8) is 0 Å². The van der Waals surface area contributed by atoms with Gasteiger partial charge in [-0.1, -0.05) is 6.58 Å². The predicted molar refractivity (Wildman–Crippen MR) is 28.3 cm³/mol. The summed E-state index contributed by atoms with van der Waals surface area (Å²) in [6.45, 7) is 3.12. The summed E-state index contributed by atoms with van der Waals surface area (Å²) in [7, 11) is 0. The van der Waals surface area contributed by atoms with Gasteiger partial charge < -0.3 is 0 Å². The Hall–Kier alpha value is -0.100. The molecule has 0 aliphatic rings. The Balaban J connectivity index is 0. The summed E-state index contributed by atoms with van der Waals surface area (Å²) in [5.41, 5.74) is 0. The zero-order valence-corrected chi connectivity index (χ0v) is 6.22. The van der Waals surface area contributed by atoms with Gasteiger partial charge >= 0.3 is 36.3 Å². The quantitative estimate of drug-likeness (QED) is 0.248. The molecule has 0 aliphatic carbocycles. The molecule has 3 heteroatoms. The summed E-state index contributed by atoms with van der Waals surface area (Å²) in [4.78, 5) is 8.87. The molecule has 0 aliphatic heterocycles. The van der Waals surface area contributed by atoms with Crippen molar-refractivity contribution in [2.75, 3.05) is 0 Å². The summed E-state index contributed by atoms with van der Waals surface area (Å²) in [6.07, 6.45) is 1.18. The van der Waals surface area contributed by atoms with E-state index in [0.717, 1.165) is 3.54 Å². The van der Waals surface area contributed by atoms with E-state index in [1.54, 1.807) is 6.07 Å². The van der Waals surface area contributed by atoms with Gasteiger partial charge in [0.25, 0.3) is 0 Å². The molecule has 7 heavy (non-hydrogen) atoms. The van der Waals surface area contributed by atoms with Crippen molar-refractivity contribution in [1.82, 2.24) is 0 Å². The Morgan fingerprint density at radius 3 is 2.00 bits per heavy atom. The first-order chi connectivity index (χ1) is 3.33. The fraction of sp³-hybridized carbons (Fsp3) is 0. The van der Waals surface area contributed by atoms with Crippen LogP contribution in [-0.2, 0) is 4.79 Å². The van der Waals surface area contributed by atoms with E-state index in [-0.39, 0.29) is 0 Å². The zero-order chi connectivity index (χ0) is 6.12. The second kappa shape index (κ2) is 16.8. The minimum absolute atomic E-state index is 0.688. The van der Waals surface area contributed by atoms with E-state index in [9.17, 15) is 0 Å². The van der Waals surface area contributed by atoms with Gasteiger partial charge in [-0.3, -0.25) is 0 Å². The van der Waals surface area contributed by atoms with E-state index >= 15 is 0 Å². The minimum atomic E-state index is 0.688. The molecule has 0 fully saturated rings. The van der Waals surface area contributed by atoms with Gasteiger partial charge in [-0.05, 0) is 0 Å². The van der Waals surface area contributed by atoms with Gasteiger partial charge in [0.2, 0.25) is 0 Å². The predicted octanol–water partition coefficient (Wildman–Crippen LogP) is 0.0411. The fourth-order valence-electron chi connectivity index (χ4n) is 0. The molecule has 0 saturated carbocycles. The van der Waals surface area contributed by atoms with Crippen molar-refractivity contribution in [3.8, 4) is 6.07 Å². The monoisotopic (exact) mass is 105 g/mol. The van der Waals surface area contributed by atoms with Crippen molar-refractivity contribution < 1.29 is 4.79 Å². The molecule has 0 spiro atoms. The van der Waals surface area contributed by atoms with Crippen molar-refractivity contribution in [2.24, 2.45) is 0 Å². The van der Waals surface area contributed by atoms with Crippen LogP contribution in [0.5, 0.6) is 0 Å².